The maximum absolute atomic E-state index is 4.64. The second kappa shape index (κ2) is 4.12. The van der Waals surface area contributed by atoms with Crippen LogP contribution in [0.25, 0.3) is 11.4 Å². The van der Waals surface area contributed by atoms with Crippen LogP contribution >= 0.6 is 0 Å². The molecule has 18 heavy (non-hydrogen) atoms. The van der Waals surface area contributed by atoms with Crippen molar-refractivity contribution in [1.29, 1.82) is 0 Å². The van der Waals surface area contributed by atoms with Crippen LogP contribution in [-0.4, -0.2) is 21.3 Å². The van der Waals surface area contributed by atoms with Crippen molar-refractivity contribution in [2.75, 3.05) is 11.9 Å². The predicted molar refractivity (Wildman–Crippen MR) is 72.7 cm³/mol. The Morgan fingerprint density at radius 3 is 2.89 bits per heavy atom. The molecular formula is C14H18N4. The van der Waals surface area contributed by atoms with Gasteiger partial charge >= 0.3 is 0 Å². The van der Waals surface area contributed by atoms with Gasteiger partial charge in [-0.05, 0) is 30.2 Å². The van der Waals surface area contributed by atoms with E-state index in [4.69, 9.17) is 0 Å². The monoisotopic (exact) mass is 242 g/mol. The zero-order valence-corrected chi connectivity index (χ0v) is 11.1. The largest absolute Gasteiger partial charge is 0.384 e. The first-order valence-electron chi connectivity index (χ1n) is 6.43. The highest BCUT2D eigenvalue weighted by atomic mass is 15.3. The molecule has 2 heterocycles. The lowest BCUT2D eigenvalue weighted by Crippen LogP contribution is -2.00. The number of fused-ring (bicyclic) bond motifs is 1. The molecule has 1 aliphatic heterocycles. The van der Waals surface area contributed by atoms with E-state index in [2.05, 4.69) is 47.4 Å². The van der Waals surface area contributed by atoms with E-state index in [1.807, 2.05) is 11.7 Å². The highest BCUT2D eigenvalue weighted by Gasteiger charge is 2.15. The highest BCUT2D eigenvalue weighted by Crippen LogP contribution is 2.27. The molecule has 0 saturated heterocycles. The molecule has 1 aliphatic rings. The van der Waals surface area contributed by atoms with Crippen LogP contribution in [0.1, 0.15) is 31.2 Å². The van der Waals surface area contributed by atoms with Crippen LogP contribution in [0.2, 0.25) is 0 Å². The van der Waals surface area contributed by atoms with Crippen LogP contribution in [0.15, 0.2) is 18.2 Å². The smallest absolute Gasteiger partial charge is 0.181 e. The van der Waals surface area contributed by atoms with E-state index in [1.165, 1.54) is 11.3 Å². The summed E-state index contributed by atoms with van der Waals surface area (Å²) in [6, 6.07) is 6.43. The number of aryl methyl sites for hydroxylation is 1. The Morgan fingerprint density at radius 1 is 1.33 bits per heavy atom. The first-order valence-corrected chi connectivity index (χ1v) is 6.43. The fraction of sp³-hybridized carbons (Fsp3) is 0.429. The first-order chi connectivity index (χ1) is 8.65. The van der Waals surface area contributed by atoms with Crippen molar-refractivity contribution in [2.24, 2.45) is 7.05 Å². The van der Waals surface area contributed by atoms with Crippen molar-refractivity contribution in [3.8, 4) is 11.4 Å². The summed E-state index contributed by atoms with van der Waals surface area (Å²) >= 11 is 0. The number of nitrogens with zero attached hydrogens (tertiary/aromatic N) is 3. The standard InChI is InChI=1S/C14H18N4/c1-9(2)14-16-13(17-18(14)3)11-4-5-12-10(8-11)6-7-15-12/h4-5,8-9,15H,6-7H2,1-3H3. The number of aromatic nitrogens is 3. The number of rotatable bonds is 2. The summed E-state index contributed by atoms with van der Waals surface area (Å²) in [5.74, 6) is 2.26. The van der Waals surface area contributed by atoms with Crippen LogP contribution in [-0.2, 0) is 13.5 Å². The lowest BCUT2D eigenvalue weighted by atomic mass is 10.1. The Kier molecular flexibility index (Phi) is 2.58. The molecule has 3 rings (SSSR count). The lowest BCUT2D eigenvalue weighted by Gasteiger charge is -2.01. The maximum Gasteiger partial charge on any atom is 0.181 e. The van der Waals surface area contributed by atoms with Gasteiger partial charge in [-0.15, -0.1) is 0 Å². The predicted octanol–water partition coefficient (Wildman–Crippen LogP) is 2.57. The van der Waals surface area contributed by atoms with Crippen LogP contribution in [0.4, 0.5) is 5.69 Å². The van der Waals surface area contributed by atoms with Crippen molar-refractivity contribution in [3.63, 3.8) is 0 Å². The molecule has 4 heteroatoms. The third-order valence-corrected chi connectivity index (χ3v) is 3.39. The molecule has 2 aromatic rings. The summed E-state index contributed by atoms with van der Waals surface area (Å²) in [5, 5.41) is 7.88. The van der Waals surface area contributed by atoms with Gasteiger partial charge in [0.05, 0.1) is 0 Å². The van der Waals surface area contributed by atoms with Crippen LogP contribution in [0, 0.1) is 0 Å². The topological polar surface area (TPSA) is 42.7 Å². The zero-order valence-electron chi connectivity index (χ0n) is 11.1. The van der Waals surface area contributed by atoms with E-state index in [9.17, 15) is 0 Å². The molecular weight excluding hydrogens is 224 g/mol. The molecule has 0 fully saturated rings. The Balaban J connectivity index is 2.02. The molecule has 1 N–H and O–H groups in total. The van der Waals surface area contributed by atoms with E-state index in [0.717, 1.165) is 30.2 Å². The maximum atomic E-state index is 4.64. The second-order valence-corrected chi connectivity index (χ2v) is 5.12. The molecule has 0 unspecified atom stereocenters. The Hall–Kier alpha value is -1.84. The Morgan fingerprint density at radius 2 is 2.17 bits per heavy atom. The van der Waals surface area contributed by atoms with E-state index in [-0.39, 0.29) is 0 Å². The molecule has 0 bridgehead atoms. The van der Waals surface area contributed by atoms with Gasteiger partial charge in [-0.3, -0.25) is 4.68 Å². The summed E-state index contributed by atoms with van der Waals surface area (Å²) in [5.41, 5.74) is 3.73. The Labute approximate surface area is 107 Å². The quantitative estimate of drug-likeness (QED) is 0.880. The van der Waals surface area contributed by atoms with Crippen molar-refractivity contribution in [1.82, 2.24) is 14.8 Å². The molecule has 0 radical (unpaired) electrons. The van der Waals surface area contributed by atoms with Crippen molar-refractivity contribution in [3.05, 3.63) is 29.6 Å². The number of hydrogen-bond acceptors (Lipinski definition) is 3. The van der Waals surface area contributed by atoms with Gasteiger partial charge in [0, 0.05) is 30.8 Å². The zero-order chi connectivity index (χ0) is 12.7. The number of hydrogen-bond donors (Lipinski definition) is 1. The lowest BCUT2D eigenvalue weighted by molar-refractivity contribution is 0.655. The third-order valence-electron chi connectivity index (χ3n) is 3.39. The summed E-state index contributed by atoms with van der Waals surface area (Å²) in [4.78, 5) is 4.64. The van der Waals surface area contributed by atoms with Gasteiger partial charge in [0.1, 0.15) is 5.82 Å². The molecule has 1 aromatic heterocycles. The summed E-state index contributed by atoms with van der Waals surface area (Å²) in [7, 11) is 1.96. The average Bonchev–Trinajstić information content (AvgIpc) is 2.93. The average molecular weight is 242 g/mol. The van der Waals surface area contributed by atoms with Gasteiger partial charge in [0.2, 0.25) is 0 Å². The minimum Gasteiger partial charge on any atom is -0.384 e. The van der Waals surface area contributed by atoms with Crippen LogP contribution in [0.5, 0.6) is 0 Å². The highest BCUT2D eigenvalue weighted by molar-refractivity contribution is 5.65. The number of benzene rings is 1. The van der Waals surface area contributed by atoms with Crippen molar-refractivity contribution >= 4 is 5.69 Å². The number of nitrogens with one attached hydrogen (secondary N) is 1. The molecule has 0 aliphatic carbocycles. The van der Waals surface area contributed by atoms with Gasteiger partial charge in [-0.1, -0.05) is 13.8 Å². The van der Waals surface area contributed by atoms with E-state index >= 15 is 0 Å². The van der Waals surface area contributed by atoms with Crippen LogP contribution < -0.4 is 5.32 Å². The van der Waals surface area contributed by atoms with E-state index < -0.39 is 0 Å². The van der Waals surface area contributed by atoms with Gasteiger partial charge in [-0.25, -0.2) is 4.98 Å². The number of anilines is 1. The molecule has 94 valence electrons. The summed E-state index contributed by atoms with van der Waals surface area (Å²) in [6.07, 6.45) is 1.09. The van der Waals surface area contributed by atoms with E-state index in [1.54, 1.807) is 0 Å². The summed E-state index contributed by atoms with van der Waals surface area (Å²) < 4.78 is 1.88. The molecule has 0 amide bonds. The van der Waals surface area contributed by atoms with Gasteiger partial charge in [0.15, 0.2) is 5.82 Å². The molecule has 0 spiro atoms. The fourth-order valence-electron chi connectivity index (χ4n) is 2.47. The molecule has 4 nitrogen and oxygen atoms in total. The van der Waals surface area contributed by atoms with Crippen molar-refractivity contribution < 1.29 is 0 Å². The Bertz CT molecular complexity index is 583. The fourth-order valence-corrected chi connectivity index (χ4v) is 2.47. The van der Waals surface area contributed by atoms with Crippen molar-refractivity contribution in [2.45, 2.75) is 26.2 Å². The summed E-state index contributed by atoms with van der Waals surface area (Å²) in [6.45, 7) is 5.31. The second-order valence-electron chi connectivity index (χ2n) is 5.12. The molecule has 0 saturated carbocycles. The molecule has 1 aromatic carbocycles. The van der Waals surface area contributed by atoms with Gasteiger partial charge < -0.3 is 5.32 Å². The molecule has 0 atom stereocenters. The van der Waals surface area contributed by atoms with Gasteiger partial charge in [-0.2, -0.15) is 5.10 Å². The minimum absolute atomic E-state index is 0.396. The van der Waals surface area contributed by atoms with E-state index in [0.29, 0.717) is 5.92 Å². The van der Waals surface area contributed by atoms with Crippen LogP contribution in [0.3, 0.4) is 0 Å². The normalized spacial score (nSPS) is 13.8. The minimum atomic E-state index is 0.396. The third kappa shape index (κ3) is 1.78. The van der Waals surface area contributed by atoms with Gasteiger partial charge in [0.25, 0.3) is 0 Å². The first kappa shape index (κ1) is 11.3. The SMILES string of the molecule is CC(C)c1nc(-c2ccc3c(c2)CCN3)nn1C.